The molecule has 1 aromatic heterocycles. The first-order valence-electron chi connectivity index (χ1n) is 9.26. The molecule has 0 fully saturated rings. The van der Waals surface area contributed by atoms with Crippen LogP contribution in [0.25, 0.3) is 22.3 Å². The number of nitrogens with one attached hydrogen (secondary N) is 1. The summed E-state index contributed by atoms with van der Waals surface area (Å²) < 4.78 is 17.4. The molecule has 1 atom stereocenters. The number of para-hydroxylation sites is 1. The predicted octanol–water partition coefficient (Wildman–Crippen LogP) is 3.37. The largest absolute Gasteiger partial charge is 0.485 e. The van der Waals surface area contributed by atoms with Crippen molar-refractivity contribution in [1.29, 1.82) is 0 Å². The van der Waals surface area contributed by atoms with Crippen molar-refractivity contribution in [1.82, 2.24) is 5.32 Å². The Labute approximate surface area is 162 Å². The van der Waals surface area contributed by atoms with Crippen LogP contribution < -0.4 is 20.2 Å². The molecule has 0 radical (unpaired) electrons. The van der Waals surface area contributed by atoms with E-state index >= 15 is 0 Å². The van der Waals surface area contributed by atoms with Gasteiger partial charge in [0.1, 0.15) is 18.0 Å². The van der Waals surface area contributed by atoms with Gasteiger partial charge in [0.25, 0.3) is 5.91 Å². The monoisotopic (exact) mass is 379 g/mol. The van der Waals surface area contributed by atoms with Gasteiger partial charge in [0, 0.05) is 18.2 Å². The molecule has 1 aliphatic rings. The van der Waals surface area contributed by atoms with E-state index in [1.54, 1.807) is 36.4 Å². The number of amides is 1. The lowest BCUT2D eigenvalue weighted by Gasteiger charge is -2.26. The topological polar surface area (TPSA) is 77.8 Å². The third kappa shape index (κ3) is 3.58. The van der Waals surface area contributed by atoms with E-state index in [1.165, 1.54) is 6.07 Å². The van der Waals surface area contributed by atoms with Gasteiger partial charge in [-0.3, -0.25) is 9.59 Å². The quantitative estimate of drug-likeness (QED) is 0.752. The highest BCUT2D eigenvalue weighted by molar-refractivity contribution is 5.82. The lowest BCUT2D eigenvalue weighted by molar-refractivity contribution is -0.130. The molecule has 1 N–H and O–H groups in total. The molecule has 1 amide bonds. The second kappa shape index (κ2) is 7.38. The molecule has 2 aromatic carbocycles. The van der Waals surface area contributed by atoms with Gasteiger partial charge in [-0.05, 0) is 36.2 Å². The maximum absolute atomic E-state index is 12.3. The van der Waals surface area contributed by atoms with Gasteiger partial charge in [-0.25, -0.2) is 0 Å². The van der Waals surface area contributed by atoms with Crippen molar-refractivity contribution in [2.75, 3.05) is 13.2 Å². The molecule has 6 nitrogen and oxygen atoms in total. The smallest absolute Gasteiger partial charge is 0.264 e. The van der Waals surface area contributed by atoms with Crippen molar-refractivity contribution in [2.24, 2.45) is 5.92 Å². The molecule has 28 heavy (non-hydrogen) atoms. The second-order valence-corrected chi connectivity index (χ2v) is 7.19. The van der Waals surface area contributed by atoms with E-state index < -0.39 is 6.10 Å². The summed E-state index contributed by atoms with van der Waals surface area (Å²) in [6.45, 7) is 4.77. The molecule has 1 aliphatic heterocycles. The van der Waals surface area contributed by atoms with Crippen LogP contribution in [0.1, 0.15) is 13.8 Å². The van der Waals surface area contributed by atoms with Crippen molar-refractivity contribution in [3.63, 3.8) is 0 Å². The molecular formula is C22H21NO5. The molecule has 0 bridgehead atoms. The molecule has 144 valence electrons. The normalized spacial score (nSPS) is 15.6. The summed E-state index contributed by atoms with van der Waals surface area (Å²) in [5.41, 5.74) is 1.13. The molecule has 4 rings (SSSR count). The lowest BCUT2D eigenvalue weighted by Crippen LogP contribution is -2.44. The SMILES string of the molecule is CC(C)CNC(=O)C1COc2cc(-c3cc(=O)c4ccccc4o3)ccc2O1. The van der Waals surface area contributed by atoms with Crippen LogP contribution in [0.4, 0.5) is 0 Å². The minimum absolute atomic E-state index is 0.103. The summed E-state index contributed by atoms with van der Waals surface area (Å²) >= 11 is 0. The first kappa shape index (κ1) is 18.1. The number of fused-ring (bicyclic) bond motifs is 2. The number of hydrogen-bond acceptors (Lipinski definition) is 5. The van der Waals surface area contributed by atoms with Crippen LogP contribution in [-0.4, -0.2) is 25.2 Å². The van der Waals surface area contributed by atoms with E-state index in [4.69, 9.17) is 13.9 Å². The average Bonchev–Trinajstić information content (AvgIpc) is 2.71. The number of carbonyl (C=O) groups excluding carboxylic acids is 1. The molecule has 0 saturated heterocycles. The Kier molecular flexibility index (Phi) is 4.77. The van der Waals surface area contributed by atoms with Crippen molar-refractivity contribution in [2.45, 2.75) is 20.0 Å². The van der Waals surface area contributed by atoms with Crippen molar-refractivity contribution in [3.8, 4) is 22.8 Å². The summed E-state index contributed by atoms with van der Waals surface area (Å²) in [7, 11) is 0. The second-order valence-electron chi connectivity index (χ2n) is 7.19. The number of benzene rings is 2. The third-order valence-corrected chi connectivity index (χ3v) is 4.50. The van der Waals surface area contributed by atoms with Gasteiger partial charge in [0.2, 0.25) is 6.10 Å². The predicted molar refractivity (Wildman–Crippen MR) is 106 cm³/mol. The lowest BCUT2D eigenvalue weighted by atomic mass is 10.1. The van der Waals surface area contributed by atoms with Crippen LogP contribution in [-0.2, 0) is 4.79 Å². The summed E-state index contributed by atoms with van der Waals surface area (Å²) in [5.74, 6) is 1.62. The zero-order valence-corrected chi connectivity index (χ0v) is 15.7. The van der Waals surface area contributed by atoms with Gasteiger partial charge in [-0.15, -0.1) is 0 Å². The molecule has 0 saturated carbocycles. The highest BCUT2D eigenvalue weighted by Gasteiger charge is 2.27. The first-order valence-corrected chi connectivity index (χ1v) is 9.26. The number of rotatable bonds is 4. The van der Waals surface area contributed by atoms with Gasteiger partial charge in [-0.2, -0.15) is 0 Å². The van der Waals surface area contributed by atoms with Gasteiger partial charge >= 0.3 is 0 Å². The van der Waals surface area contributed by atoms with Gasteiger partial charge < -0.3 is 19.2 Å². The van der Waals surface area contributed by atoms with Crippen LogP contribution in [0.3, 0.4) is 0 Å². The first-order chi connectivity index (χ1) is 13.5. The molecule has 0 aliphatic carbocycles. The highest BCUT2D eigenvalue weighted by Crippen LogP contribution is 2.36. The Balaban J connectivity index is 1.58. The fraction of sp³-hybridized carbons (Fsp3) is 0.273. The fourth-order valence-corrected chi connectivity index (χ4v) is 3.02. The van der Waals surface area contributed by atoms with Crippen LogP contribution >= 0.6 is 0 Å². The number of ether oxygens (including phenoxy) is 2. The Morgan fingerprint density at radius 3 is 2.79 bits per heavy atom. The summed E-state index contributed by atoms with van der Waals surface area (Å²) in [4.78, 5) is 24.5. The molecule has 2 heterocycles. The van der Waals surface area contributed by atoms with E-state index in [2.05, 4.69) is 5.32 Å². The van der Waals surface area contributed by atoms with Crippen molar-refractivity contribution in [3.05, 3.63) is 58.8 Å². The van der Waals surface area contributed by atoms with Crippen LogP contribution in [0, 0.1) is 5.92 Å². The zero-order valence-electron chi connectivity index (χ0n) is 15.7. The number of hydrogen-bond donors (Lipinski definition) is 1. The molecule has 3 aromatic rings. The summed E-state index contributed by atoms with van der Waals surface area (Å²) in [5, 5.41) is 3.39. The minimum Gasteiger partial charge on any atom is -0.485 e. The minimum atomic E-state index is -0.685. The van der Waals surface area contributed by atoms with E-state index in [9.17, 15) is 9.59 Å². The Hall–Kier alpha value is -3.28. The molecular weight excluding hydrogens is 358 g/mol. The third-order valence-electron chi connectivity index (χ3n) is 4.50. The summed E-state index contributed by atoms with van der Waals surface area (Å²) in [6, 6.07) is 13.9. The molecule has 6 heteroatoms. The standard InChI is InChI=1S/C22H21NO5/c1-13(2)11-23-22(25)21-12-26-20-9-14(7-8-18(20)28-21)19-10-16(24)15-5-3-4-6-17(15)27-19/h3-10,13,21H,11-12H2,1-2H3,(H,23,25). The Bertz CT molecular complexity index is 1090. The average molecular weight is 379 g/mol. The zero-order chi connectivity index (χ0) is 19.7. The van der Waals surface area contributed by atoms with Crippen LogP contribution in [0.2, 0.25) is 0 Å². The summed E-state index contributed by atoms with van der Waals surface area (Å²) in [6.07, 6.45) is -0.685. The van der Waals surface area contributed by atoms with Gasteiger partial charge in [0.15, 0.2) is 16.9 Å². The van der Waals surface area contributed by atoms with Crippen molar-refractivity contribution >= 4 is 16.9 Å². The maximum atomic E-state index is 12.3. The van der Waals surface area contributed by atoms with Gasteiger partial charge in [-0.1, -0.05) is 26.0 Å². The number of carbonyl (C=O) groups is 1. The van der Waals surface area contributed by atoms with E-state index in [0.29, 0.717) is 46.3 Å². The maximum Gasteiger partial charge on any atom is 0.264 e. The Morgan fingerprint density at radius 1 is 1.14 bits per heavy atom. The molecule has 1 unspecified atom stereocenters. The van der Waals surface area contributed by atoms with Crippen molar-refractivity contribution < 1.29 is 18.7 Å². The molecule has 0 spiro atoms. The Morgan fingerprint density at radius 2 is 1.96 bits per heavy atom. The van der Waals surface area contributed by atoms with Crippen LogP contribution in [0.15, 0.2) is 57.7 Å². The fourth-order valence-electron chi connectivity index (χ4n) is 3.02. The van der Waals surface area contributed by atoms with E-state index in [1.807, 2.05) is 19.9 Å². The van der Waals surface area contributed by atoms with Crippen LogP contribution in [0.5, 0.6) is 11.5 Å². The van der Waals surface area contributed by atoms with E-state index in [0.717, 1.165) is 0 Å². The van der Waals surface area contributed by atoms with E-state index in [-0.39, 0.29) is 17.9 Å². The highest BCUT2D eigenvalue weighted by atomic mass is 16.6. The van der Waals surface area contributed by atoms with Gasteiger partial charge in [0.05, 0.1) is 5.39 Å².